The largest absolute Gasteiger partial charge is 0.478 e. The van der Waals surface area contributed by atoms with Crippen LogP contribution in [0.25, 0.3) is 0 Å². The number of anilines is 1. The molecular formula is C13H17N3O2. The van der Waals surface area contributed by atoms with E-state index in [1.54, 1.807) is 12.3 Å². The van der Waals surface area contributed by atoms with E-state index in [0.717, 1.165) is 25.6 Å². The van der Waals surface area contributed by atoms with Crippen LogP contribution in [0, 0.1) is 0 Å². The molecule has 2 fully saturated rings. The summed E-state index contributed by atoms with van der Waals surface area (Å²) in [5.74, 6) is -0.246. The van der Waals surface area contributed by atoms with Gasteiger partial charge < -0.3 is 10.4 Å². The van der Waals surface area contributed by atoms with Gasteiger partial charge in [-0.05, 0) is 31.4 Å². The van der Waals surface area contributed by atoms with Gasteiger partial charge in [-0.1, -0.05) is 0 Å². The lowest BCUT2D eigenvalue weighted by atomic mass is 10.2. The molecular weight excluding hydrogens is 230 g/mol. The number of hydrogen-bond donors (Lipinski definition) is 2. The lowest BCUT2D eigenvalue weighted by molar-refractivity contribution is 0.0697. The summed E-state index contributed by atoms with van der Waals surface area (Å²) in [5, 5.41) is 12.3. The lowest BCUT2D eigenvalue weighted by Gasteiger charge is -2.16. The Bertz CT molecular complexity index is 459. The second kappa shape index (κ2) is 4.57. The number of aromatic carboxylic acids is 1. The van der Waals surface area contributed by atoms with Gasteiger partial charge in [-0.2, -0.15) is 0 Å². The third-order valence-corrected chi connectivity index (χ3v) is 3.64. The van der Waals surface area contributed by atoms with Crippen molar-refractivity contribution < 1.29 is 9.90 Å². The molecule has 1 aromatic rings. The van der Waals surface area contributed by atoms with E-state index in [9.17, 15) is 4.79 Å². The average molecular weight is 247 g/mol. The third-order valence-electron chi connectivity index (χ3n) is 3.64. The minimum Gasteiger partial charge on any atom is -0.478 e. The van der Waals surface area contributed by atoms with Crippen molar-refractivity contribution in [1.29, 1.82) is 0 Å². The van der Waals surface area contributed by atoms with E-state index in [-0.39, 0.29) is 5.56 Å². The first kappa shape index (κ1) is 11.5. The smallest absolute Gasteiger partial charge is 0.335 e. The lowest BCUT2D eigenvalue weighted by Crippen LogP contribution is -2.28. The Morgan fingerprint density at radius 3 is 3.00 bits per heavy atom. The van der Waals surface area contributed by atoms with Crippen molar-refractivity contribution in [3.8, 4) is 0 Å². The fraction of sp³-hybridized carbons (Fsp3) is 0.538. The maximum Gasteiger partial charge on any atom is 0.335 e. The summed E-state index contributed by atoms with van der Waals surface area (Å²) in [5.41, 5.74) is 0.282. The number of carboxylic acid groups (broad SMARTS) is 1. The number of pyridine rings is 1. The number of carbonyl (C=O) groups is 1. The molecule has 1 aromatic heterocycles. The highest BCUT2D eigenvalue weighted by atomic mass is 16.4. The van der Waals surface area contributed by atoms with E-state index in [2.05, 4.69) is 15.2 Å². The van der Waals surface area contributed by atoms with Gasteiger partial charge >= 0.3 is 5.97 Å². The van der Waals surface area contributed by atoms with E-state index in [4.69, 9.17) is 5.11 Å². The Kier molecular flexibility index (Phi) is 2.91. The topological polar surface area (TPSA) is 65.5 Å². The molecule has 3 rings (SSSR count). The van der Waals surface area contributed by atoms with E-state index in [1.807, 2.05) is 0 Å². The van der Waals surface area contributed by atoms with Gasteiger partial charge in [-0.3, -0.25) is 4.90 Å². The van der Waals surface area contributed by atoms with Gasteiger partial charge in [0.15, 0.2) is 0 Å². The van der Waals surface area contributed by atoms with Gasteiger partial charge in [-0.25, -0.2) is 9.78 Å². The second-order valence-electron chi connectivity index (χ2n) is 5.09. The normalized spacial score (nSPS) is 24.1. The molecule has 1 aliphatic carbocycles. The number of nitrogens with one attached hydrogen (secondary N) is 1. The first-order chi connectivity index (χ1) is 8.72. The summed E-state index contributed by atoms with van der Waals surface area (Å²) < 4.78 is 0. The van der Waals surface area contributed by atoms with E-state index in [0.29, 0.717) is 11.9 Å². The molecule has 1 saturated heterocycles. The molecule has 2 heterocycles. The van der Waals surface area contributed by atoms with Crippen LogP contribution in [0.1, 0.15) is 29.6 Å². The number of nitrogens with zero attached hydrogens (tertiary/aromatic N) is 2. The Morgan fingerprint density at radius 1 is 1.44 bits per heavy atom. The molecule has 2 N–H and O–H groups in total. The van der Waals surface area contributed by atoms with Crippen molar-refractivity contribution in [3.05, 3.63) is 23.9 Å². The Morgan fingerprint density at radius 2 is 2.28 bits per heavy atom. The number of aromatic nitrogens is 1. The fourth-order valence-corrected chi connectivity index (χ4v) is 2.53. The average Bonchev–Trinajstić information content (AvgIpc) is 3.11. The van der Waals surface area contributed by atoms with Gasteiger partial charge in [0.05, 0.1) is 5.56 Å². The minimum atomic E-state index is -0.911. The Labute approximate surface area is 106 Å². The van der Waals surface area contributed by atoms with E-state index < -0.39 is 5.97 Å². The predicted molar refractivity (Wildman–Crippen MR) is 67.8 cm³/mol. The zero-order valence-corrected chi connectivity index (χ0v) is 10.2. The zero-order chi connectivity index (χ0) is 12.5. The van der Waals surface area contributed by atoms with Crippen molar-refractivity contribution in [3.63, 3.8) is 0 Å². The summed E-state index contributed by atoms with van der Waals surface area (Å²) in [6.45, 7) is 2.19. The Hall–Kier alpha value is -1.62. The highest BCUT2D eigenvalue weighted by Gasteiger charge is 2.34. The summed E-state index contributed by atoms with van der Waals surface area (Å²) >= 11 is 0. The maximum atomic E-state index is 10.9. The van der Waals surface area contributed by atoms with Gasteiger partial charge in [0.2, 0.25) is 0 Å². The highest BCUT2D eigenvalue weighted by molar-refractivity contribution is 5.88. The molecule has 18 heavy (non-hydrogen) atoms. The molecule has 1 saturated carbocycles. The highest BCUT2D eigenvalue weighted by Crippen LogP contribution is 2.30. The van der Waals surface area contributed by atoms with Crippen LogP contribution < -0.4 is 5.32 Å². The molecule has 1 atom stereocenters. The van der Waals surface area contributed by atoms with Crippen LogP contribution in [-0.4, -0.2) is 46.1 Å². The van der Waals surface area contributed by atoms with Crippen LogP contribution in [-0.2, 0) is 0 Å². The van der Waals surface area contributed by atoms with E-state index >= 15 is 0 Å². The van der Waals surface area contributed by atoms with Crippen molar-refractivity contribution in [2.75, 3.05) is 18.4 Å². The summed E-state index contributed by atoms with van der Waals surface area (Å²) in [4.78, 5) is 17.6. The summed E-state index contributed by atoms with van der Waals surface area (Å²) in [7, 11) is 0. The molecule has 5 nitrogen and oxygen atoms in total. The van der Waals surface area contributed by atoms with E-state index in [1.165, 1.54) is 18.9 Å². The quantitative estimate of drug-likeness (QED) is 0.842. The van der Waals surface area contributed by atoms with Crippen LogP contribution in [0.4, 0.5) is 5.82 Å². The molecule has 5 heteroatoms. The molecule has 2 aliphatic rings. The van der Waals surface area contributed by atoms with Crippen molar-refractivity contribution >= 4 is 11.8 Å². The fourth-order valence-electron chi connectivity index (χ4n) is 2.53. The molecule has 0 bridgehead atoms. The second-order valence-corrected chi connectivity index (χ2v) is 5.09. The standard InChI is InChI=1S/C13H17N3O2/c17-13(18)9-3-5-14-12(7-9)15-10-4-6-16(8-10)11-1-2-11/h3,5,7,10-11H,1-2,4,6,8H2,(H,14,15)(H,17,18). The van der Waals surface area contributed by atoms with Crippen LogP contribution in [0.15, 0.2) is 18.3 Å². The van der Waals surface area contributed by atoms with Gasteiger partial charge in [0, 0.05) is 31.4 Å². The van der Waals surface area contributed by atoms with Crippen LogP contribution >= 0.6 is 0 Å². The molecule has 0 amide bonds. The first-order valence-electron chi connectivity index (χ1n) is 6.42. The summed E-state index contributed by atoms with van der Waals surface area (Å²) in [6.07, 6.45) is 5.31. The van der Waals surface area contributed by atoms with Gasteiger partial charge in [-0.15, -0.1) is 0 Å². The molecule has 0 aromatic carbocycles. The predicted octanol–water partition coefficient (Wildman–Crippen LogP) is 1.43. The third kappa shape index (κ3) is 2.46. The summed E-state index contributed by atoms with van der Waals surface area (Å²) in [6, 6.07) is 4.30. The van der Waals surface area contributed by atoms with Crippen molar-refractivity contribution in [1.82, 2.24) is 9.88 Å². The maximum absolute atomic E-state index is 10.9. The monoisotopic (exact) mass is 247 g/mol. The Balaban J connectivity index is 1.62. The molecule has 96 valence electrons. The number of carboxylic acids is 1. The zero-order valence-electron chi connectivity index (χ0n) is 10.2. The molecule has 0 radical (unpaired) electrons. The molecule has 1 unspecified atom stereocenters. The SMILES string of the molecule is O=C(O)c1ccnc(NC2CCN(C3CC3)C2)c1. The van der Waals surface area contributed by atoms with Crippen molar-refractivity contribution in [2.24, 2.45) is 0 Å². The van der Waals surface area contributed by atoms with Crippen LogP contribution in [0.2, 0.25) is 0 Å². The minimum absolute atomic E-state index is 0.282. The van der Waals surface area contributed by atoms with Crippen LogP contribution in [0.5, 0.6) is 0 Å². The number of likely N-dealkylation sites (tertiary alicyclic amines) is 1. The van der Waals surface area contributed by atoms with Gasteiger partial charge in [0.1, 0.15) is 5.82 Å². The molecule has 0 spiro atoms. The first-order valence-corrected chi connectivity index (χ1v) is 6.42. The van der Waals surface area contributed by atoms with Gasteiger partial charge in [0.25, 0.3) is 0 Å². The molecule has 1 aliphatic heterocycles. The number of rotatable bonds is 4. The van der Waals surface area contributed by atoms with Crippen LogP contribution in [0.3, 0.4) is 0 Å². The van der Waals surface area contributed by atoms with Crippen molar-refractivity contribution in [2.45, 2.75) is 31.3 Å². The number of hydrogen-bond acceptors (Lipinski definition) is 4.